The van der Waals surface area contributed by atoms with Crippen molar-refractivity contribution in [1.29, 1.82) is 0 Å². The van der Waals surface area contributed by atoms with E-state index in [1.54, 1.807) is 6.20 Å². The Labute approximate surface area is 95.0 Å². The Morgan fingerprint density at radius 1 is 1.06 bits per heavy atom. The number of aromatic nitrogens is 1. The first kappa shape index (κ1) is 10.7. The van der Waals surface area contributed by atoms with Gasteiger partial charge in [-0.1, -0.05) is 44.2 Å². The summed E-state index contributed by atoms with van der Waals surface area (Å²) in [4.78, 5) is 14.6. The largest absolute Gasteiger partial charge is 0.329 e. The molecule has 0 bridgehead atoms. The van der Waals surface area contributed by atoms with Gasteiger partial charge in [-0.2, -0.15) is 0 Å². The second-order valence-corrected chi connectivity index (χ2v) is 4.16. The molecule has 0 saturated carbocycles. The monoisotopic (exact) mass is 213 g/mol. The molecule has 1 aromatic heterocycles. The van der Waals surface area contributed by atoms with Crippen molar-refractivity contribution in [1.82, 2.24) is 4.98 Å². The zero-order valence-electron chi connectivity index (χ0n) is 9.53. The van der Waals surface area contributed by atoms with Crippen LogP contribution in [0.1, 0.15) is 25.3 Å². The van der Waals surface area contributed by atoms with Crippen molar-refractivity contribution >= 4 is 0 Å². The lowest BCUT2D eigenvalue weighted by Gasteiger charge is -2.11. The van der Waals surface area contributed by atoms with Crippen molar-refractivity contribution in [3.05, 3.63) is 58.5 Å². The molecule has 82 valence electrons. The number of hydrogen-bond donors (Lipinski definition) is 1. The van der Waals surface area contributed by atoms with Crippen molar-refractivity contribution in [3.8, 4) is 11.1 Å². The maximum Gasteiger partial charge on any atom is 0.256 e. The van der Waals surface area contributed by atoms with Crippen LogP contribution in [0.25, 0.3) is 11.1 Å². The highest BCUT2D eigenvalue weighted by atomic mass is 16.1. The Hall–Kier alpha value is -1.83. The predicted octanol–water partition coefficient (Wildman–Crippen LogP) is 3.17. The molecular weight excluding hydrogens is 198 g/mol. The minimum absolute atomic E-state index is 0.0163. The molecule has 2 aromatic rings. The third-order valence-electron chi connectivity index (χ3n) is 2.68. The second kappa shape index (κ2) is 4.35. The first-order valence-electron chi connectivity index (χ1n) is 5.47. The number of aromatic amines is 1. The summed E-state index contributed by atoms with van der Waals surface area (Å²) < 4.78 is 0. The standard InChI is InChI=1S/C14H15NO/c1-10(2)12-8-9-15-14(16)13(12)11-6-4-3-5-7-11/h3-10H,1-2H3,(H,15,16). The maximum absolute atomic E-state index is 11.9. The average molecular weight is 213 g/mol. The normalized spacial score (nSPS) is 10.7. The minimum Gasteiger partial charge on any atom is -0.329 e. The fourth-order valence-electron chi connectivity index (χ4n) is 1.88. The van der Waals surface area contributed by atoms with Gasteiger partial charge in [0.15, 0.2) is 0 Å². The van der Waals surface area contributed by atoms with Crippen LogP contribution in [0, 0.1) is 0 Å². The van der Waals surface area contributed by atoms with Crippen LogP contribution >= 0.6 is 0 Å². The summed E-state index contributed by atoms with van der Waals surface area (Å²) in [7, 11) is 0. The van der Waals surface area contributed by atoms with Gasteiger partial charge in [0.05, 0.1) is 5.56 Å². The van der Waals surface area contributed by atoms with Crippen molar-refractivity contribution in [2.45, 2.75) is 19.8 Å². The molecule has 2 nitrogen and oxygen atoms in total. The van der Waals surface area contributed by atoms with Gasteiger partial charge >= 0.3 is 0 Å². The van der Waals surface area contributed by atoms with Gasteiger partial charge < -0.3 is 4.98 Å². The highest BCUT2D eigenvalue weighted by Crippen LogP contribution is 2.24. The van der Waals surface area contributed by atoms with Gasteiger partial charge in [0.25, 0.3) is 5.56 Å². The van der Waals surface area contributed by atoms with Crippen LogP contribution in [0.4, 0.5) is 0 Å². The highest BCUT2D eigenvalue weighted by Gasteiger charge is 2.11. The molecule has 0 radical (unpaired) electrons. The Kier molecular flexibility index (Phi) is 2.91. The van der Waals surface area contributed by atoms with Crippen molar-refractivity contribution < 1.29 is 0 Å². The lowest BCUT2D eigenvalue weighted by atomic mass is 9.94. The fraction of sp³-hybridized carbons (Fsp3) is 0.214. The van der Waals surface area contributed by atoms with Gasteiger partial charge in [-0.05, 0) is 23.1 Å². The van der Waals surface area contributed by atoms with E-state index in [1.165, 1.54) is 0 Å². The zero-order chi connectivity index (χ0) is 11.5. The van der Waals surface area contributed by atoms with Crippen LogP contribution in [0.3, 0.4) is 0 Å². The summed E-state index contributed by atoms with van der Waals surface area (Å²) in [5.74, 6) is 0.345. The first-order valence-corrected chi connectivity index (χ1v) is 5.47. The number of nitrogens with one attached hydrogen (secondary N) is 1. The number of benzene rings is 1. The van der Waals surface area contributed by atoms with Crippen LogP contribution in [-0.2, 0) is 0 Å². The molecule has 0 saturated heterocycles. The number of H-pyrrole nitrogens is 1. The van der Waals surface area contributed by atoms with Crippen molar-refractivity contribution in [3.63, 3.8) is 0 Å². The second-order valence-electron chi connectivity index (χ2n) is 4.16. The van der Waals surface area contributed by atoms with E-state index >= 15 is 0 Å². The first-order chi connectivity index (χ1) is 7.70. The summed E-state index contributed by atoms with van der Waals surface area (Å²) in [6.45, 7) is 4.20. The van der Waals surface area contributed by atoms with Gasteiger partial charge in [0, 0.05) is 6.20 Å². The quantitative estimate of drug-likeness (QED) is 0.816. The average Bonchev–Trinajstić information content (AvgIpc) is 2.29. The van der Waals surface area contributed by atoms with Gasteiger partial charge in [-0.3, -0.25) is 4.79 Å². The SMILES string of the molecule is CC(C)c1cc[nH]c(=O)c1-c1ccccc1. The molecule has 2 rings (SSSR count). The molecule has 0 atom stereocenters. The summed E-state index contributed by atoms with van der Waals surface area (Å²) in [5, 5.41) is 0. The van der Waals surface area contributed by atoms with Gasteiger partial charge in [0.2, 0.25) is 0 Å². The van der Waals surface area contributed by atoms with Crippen molar-refractivity contribution in [2.75, 3.05) is 0 Å². The van der Waals surface area contributed by atoms with E-state index < -0.39 is 0 Å². The van der Waals surface area contributed by atoms with E-state index in [4.69, 9.17) is 0 Å². The van der Waals surface area contributed by atoms with Crippen LogP contribution in [0.2, 0.25) is 0 Å². The van der Waals surface area contributed by atoms with Crippen molar-refractivity contribution in [2.24, 2.45) is 0 Å². The molecule has 0 fully saturated rings. The van der Waals surface area contributed by atoms with Gasteiger partial charge in [-0.15, -0.1) is 0 Å². The third-order valence-corrected chi connectivity index (χ3v) is 2.68. The Balaban J connectivity index is 2.69. The van der Waals surface area contributed by atoms with Crippen LogP contribution in [-0.4, -0.2) is 4.98 Å². The van der Waals surface area contributed by atoms with Gasteiger partial charge in [0.1, 0.15) is 0 Å². The molecule has 2 heteroatoms. The maximum atomic E-state index is 11.9. The lowest BCUT2D eigenvalue weighted by molar-refractivity contribution is 0.862. The summed E-state index contributed by atoms with van der Waals surface area (Å²) in [6, 6.07) is 11.8. The molecule has 0 aliphatic carbocycles. The summed E-state index contributed by atoms with van der Waals surface area (Å²) in [5.41, 5.74) is 2.85. The fourth-order valence-corrected chi connectivity index (χ4v) is 1.88. The molecule has 0 unspecified atom stereocenters. The molecule has 0 spiro atoms. The van der Waals surface area contributed by atoms with E-state index in [9.17, 15) is 4.79 Å². The van der Waals surface area contributed by atoms with E-state index in [-0.39, 0.29) is 5.56 Å². The molecule has 1 heterocycles. The Bertz CT molecular complexity index is 526. The van der Waals surface area contributed by atoms with E-state index in [2.05, 4.69) is 18.8 Å². The summed E-state index contributed by atoms with van der Waals surface area (Å²) in [6.07, 6.45) is 1.71. The molecule has 0 amide bonds. The van der Waals surface area contributed by atoms with Crippen LogP contribution in [0.5, 0.6) is 0 Å². The Morgan fingerprint density at radius 2 is 1.75 bits per heavy atom. The molecular formula is C14H15NO. The third kappa shape index (κ3) is 1.91. The molecule has 1 N–H and O–H groups in total. The number of pyridine rings is 1. The number of hydrogen-bond acceptors (Lipinski definition) is 1. The molecule has 0 aliphatic rings. The molecule has 16 heavy (non-hydrogen) atoms. The van der Waals surface area contributed by atoms with Crippen LogP contribution < -0.4 is 5.56 Å². The Morgan fingerprint density at radius 3 is 2.38 bits per heavy atom. The molecule has 1 aromatic carbocycles. The number of rotatable bonds is 2. The van der Waals surface area contributed by atoms with Gasteiger partial charge in [-0.25, -0.2) is 0 Å². The van der Waals surface area contributed by atoms with E-state index in [0.717, 1.165) is 16.7 Å². The minimum atomic E-state index is -0.0163. The predicted molar refractivity (Wildman–Crippen MR) is 66.6 cm³/mol. The van der Waals surface area contributed by atoms with E-state index in [0.29, 0.717) is 5.92 Å². The smallest absolute Gasteiger partial charge is 0.256 e. The topological polar surface area (TPSA) is 32.9 Å². The highest BCUT2D eigenvalue weighted by molar-refractivity contribution is 5.66. The lowest BCUT2D eigenvalue weighted by Crippen LogP contribution is -2.11. The zero-order valence-corrected chi connectivity index (χ0v) is 9.53. The molecule has 0 aliphatic heterocycles. The summed E-state index contributed by atoms with van der Waals surface area (Å²) >= 11 is 0. The van der Waals surface area contributed by atoms with Crippen LogP contribution in [0.15, 0.2) is 47.4 Å². The van der Waals surface area contributed by atoms with E-state index in [1.807, 2.05) is 36.4 Å².